The van der Waals surface area contributed by atoms with Gasteiger partial charge in [-0.25, -0.2) is 4.79 Å². The number of ether oxygens (including phenoxy) is 1. The van der Waals surface area contributed by atoms with Crippen LogP contribution in [0.15, 0.2) is 42.3 Å². The summed E-state index contributed by atoms with van der Waals surface area (Å²) in [7, 11) is 1.87. The molecule has 1 aromatic carbocycles. The van der Waals surface area contributed by atoms with Crippen molar-refractivity contribution in [2.45, 2.75) is 20.0 Å². The molecular weight excluding hydrogens is 348 g/mol. The molecule has 0 saturated carbocycles. The second-order valence-corrected chi connectivity index (χ2v) is 7.16. The largest absolute Gasteiger partial charge is 0.462 e. The second kappa shape index (κ2) is 7.74. The fourth-order valence-electron chi connectivity index (χ4n) is 3.18. The third kappa shape index (κ3) is 3.37. The number of anilines is 1. The molecule has 5 nitrogen and oxygen atoms in total. The van der Waals surface area contributed by atoms with Gasteiger partial charge < -0.3 is 14.5 Å². The molecular formula is C20H22N2O3S. The summed E-state index contributed by atoms with van der Waals surface area (Å²) in [6.45, 7) is 7.39. The van der Waals surface area contributed by atoms with Gasteiger partial charge in [0.2, 0.25) is 0 Å². The van der Waals surface area contributed by atoms with Crippen molar-refractivity contribution < 1.29 is 14.3 Å². The third-order valence-electron chi connectivity index (χ3n) is 4.35. The second-order valence-electron chi connectivity index (χ2n) is 6.12. The number of benzene rings is 1. The molecule has 1 aliphatic heterocycles. The van der Waals surface area contributed by atoms with Crippen LogP contribution in [0.3, 0.4) is 0 Å². The molecule has 1 amide bonds. The highest BCUT2D eigenvalue weighted by Gasteiger charge is 2.35. The monoisotopic (exact) mass is 370 g/mol. The smallest absolute Gasteiger partial charge is 0.341 e. The molecule has 0 spiro atoms. The minimum Gasteiger partial charge on any atom is -0.462 e. The number of fused-ring (bicyclic) bond motifs is 1. The molecule has 1 aromatic heterocycles. The molecule has 0 bridgehead atoms. The highest BCUT2D eigenvalue weighted by Crippen LogP contribution is 2.34. The maximum atomic E-state index is 13.1. The van der Waals surface area contributed by atoms with E-state index < -0.39 is 5.97 Å². The Hall–Kier alpha value is -2.60. The Morgan fingerprint density at radius 3 is 2.88 bits per heavy atom. The van der Waals surface area contributed by atoms with E-state index in [9.17, 15) is 9.59 Å². The lowest BCUT2D eigenvalue weighted by atomic mass is 10.00. The SMILES string of the molecule is C=CCN(C)c1ccc2c(c1C(=O)OCC)C(=O)N(Cc1cccs1)C2. The lowest BCUT2D eigenvalue weighted by Gasteiger charge is -2.21. The van der Waals surface area contributed by atoms with Gasteiger partial charge in [0.1, 0.15) is 0 Å². The first-order valence-corrected chi connectivity index (χ1v) is 9.41. The molecule has 136 valence electrons. The zero-order valence-electron chi connectivity index (χ0n) is 15.0. The van der Waals surface area contributed by atoms with Crippen molar-refractivity contribution in [2.24, 2.45) is 0 Å². The Kier molecular flexibility index (Phi) is 5.42. The first-order chi connectivity index (χ1) is 12.6. The van der Waals surface area contributed by atoms with Gasteiger partial charge in [0, 0.05) is 25.0 Å². The average molecular weight is 370 g/mol. The number of hydrogen-bond acceptors (Lipinski definition) is 5. The number of amides is 1. The highest BCUT2D eigenvalue weighted by atomic mass is 32.1. The topological polar surface area (TPSA) is 49.9 Å². The molecule has 26 heavy (non-hydrogen) atoms. The number of carbonyl (C=O) groups is 2. The van der Waals surface area contributed by atoms with Crippen LogP contribution in [0.1, 0.15) is 38.1 Å². The number of esters is 1. The first kappa shape index (κ1) is 18.2. The molecule has 0 N–H and O–H groups in total. The lowest BCUT2D eigenvalue weighted by Crippen LogP contribution is -2.26. The average Bonchev–Trinajstić information content (AvgIpc) is 3.23. The highest BCUT2D eigenvalue weighted by molar-refractivity contribution is 7.09. The number of carbonyl (C=O) groups excluding carboxylic acids is 2. The van der Waals surface area contributed by atoms with Gasteiger partial charge in [-0.1, -0.05) is 18.2 Å². The summed E-state index contributed by atoms with van der Waals surface area (Å²) in [5, 5.41) is 2.00. The van der Waals surface area contributed by atoms with Crippen molar-refractivity contribution >= 4 is 28.9 Å². The molecule has 2 aromatic rings. The number of thiophene rings is 1. The summed E-state index contributed by atoms with van der Waals surface area (Å²) in [6.07, 6.45) is 1.76. The third-order valence-corrected chi connectivity index (χ3v) is 5.21. The van der Waals surface area contributed by atoms with Crippen molar-refractivity contribution in [3.05, 3.63) is 63.9 Å². The predicted molar refractivity (Wildman–Crippen MR) is 104 cm³/mol. The van der Waals surface area contributed by atoms with Gasteiger partial charge in [-0.3, -0.25) is 4.79 Å². The maximum absolute atomic E-state index is 13.1. The minimum atomic E-state index is -0.457. The van der Waals surface area contributed by atoms with E-state index in [1.54, 1.807) is 29.2 Å². The van der Waals surface area contributed by atoms with Gasteiger partial charge in [-0.2, -0.15) is 0 Å². The molecule has 1 aliphatic rings. The summed E-state index contributed by atoms with van der Waals surface area (Å²) in [5.74, 6) is -0.577. The van der Waals surface area contributed by atoms with E-state index in [4.69, 9.17) is 4.74 Å². The summed E-state index contributed by atoms with van der Waals surface area (Å²) in [6, 6.07) is 7.80. The number of likely N-dealkylation sites (N-methyl/N-ethyl adjacent to an activating group) is 1. The van der Waals surface area contributed by atoms with Crippen LogP contribution < -0.4 is 4.90 Å². The molecule has 0 unspecified atom stereocenters. The van der Waals surface area contributed by atoms with Gasteiger partial charge in [0.25, 0.3) is 5.91 Å². The zero-order valence-corrected chi connectivity index (χ0v) is 15.8. The van der Waals surface area contributed by atoms with E-state index >= 15 is 0 Å². The maximum Gasteiger partial charge on any atom is 0.341 e. The van der Waals surface area contributed by atoms with Crippen LogP contribution in [0.2, 0.25) is 0 Å². The van der Waals surface area contributed by atoms with Crippen molar-refractivity contribution in [1.82, 2.24) is 4.90 Å². The molecule has 0 saturated heterocycles. The van der Waals surface area contributed by atoms with Crippen LogP contribution in [0.4, 0.5) is 5.69 Å². The molecule has 0 atom stereocenters. The molecule has 2 heterocycles. The van der Waals surface area contributed by atoms with E-state index in [-0.39, 0.29) is 12.5 Å². The molecule has 0 fully saturated rings. The van der Waals surface area contributed by atoms with Crippen LogP contribution in [0.25, 0.3) is 0 Å². The van der Waals surface area contributed by atoms with E-state index in [2.05, 4.69) is 6.58 Å². The minimum absolute atomic E-state index is 0.120. The fraction of sp³-hybridized carbons (Fsp3) is 0.300. The van der Waals surface area contributed by atoms with Crippen LogP contribution in [-0.2, 0) is 17.8 Å². The Bertz CT molecular complexity index is 830. The number of nitrogens with zero attached hydrogens (tertiary/aromatic N) is 2. The molecule has 0 aliphatic carbocycles. The van der Waals surface area contributed by atoms with Crippen LogP contribution in [-0.4, -0.2) is 37.0 Å². The Morgan fingerprint density at radius 1 is 1.42 bits per heavy atom. The fourth-order valence-corrected chi connectivity index (χ4v) is 3.90. The predicted octanol–water partition coefficient (Wildman–Crippen LogP) is 3.70. The van der Waals surface area contributed by atoms with Crippen molar-refractivity contribution in [1.29, 1.82) is 0 Å². The first-order valence-electron chi connectivity index (χ1n) is 8.53. The standard InChI is InChI=1S/C20H22N2O3S/c1-4-10-21(3)16-9-8-14-12-22(13-15-7-6-11-26-15)19(23)17(14)18(16)20(24)25-5-2/h4,6-9,11H,1,5,10,12-13H2,2-3H3. The Morgan fingerprint density at radius 2 is 2.23 bits per heavy atom. The van der Waals surface area contributed by atoms with Crippen LogP contribution >= 0.6 is 11.3 Å². The van der Waals surface area contributed by atoms with Gasteiger partial charge in [0.15, 0.2) is 0 Å². The van der Waals surface area contributed by atoms with Crippen molar-refractivity contribution in [2.75, 3.05) is 25.1 Å². The summed E-state index contributed by atoms with van der Waals surface area (Å²) in [5.41, 5.74) is 2.37. The summed E-state index contributed by atoms with van der Waals surface area (Å²) >= 11 is 1.62. The van der Waals surface area contributed by atoms with Crippen molar-refractivity contribution in [3.8, 4) is 0 Å². The van der Waals surface area contributed by atoms with E-state index in [0.717, 1.165) is 10.4 Å². The molecule has 6 heteroatoms. The normalized spacial score (nSPS) is 12.8. The Balaban J connectivity index is 2.02. The van der Waals surface area contributed by atoms with Gasteiger partial charge >= 0.3 is 5.97 Å². The summed E-state index contributed by atoms with van der Waals surface area (Å²) < 4.78 is 5.25. The molecule has 0 radical (unpaired) electrons. The number of hydrogen-bond donors (Lipinski definition) is 0. The Labute approximate surface area is 157 Å². The zero-order chi connectivity index (χ0) is 18.7. The van der Waals surface area contributed by atoms with E-state index in [1.165, 1.54) is 0 Å². The van der Waals surface area contributed by atoms with E-state index in [0.29, 0.717) is 36.4 Å². The van der Waals surface area contributed by atoms with Crippen LogP contribution in [0.5, 0.6) is 0 Å². The van der Waals surface area contributed by atoms with Crippen LogP contribution in [0, 0.1) is 0 Å². The quantitative estimate of drug-likeness (QED) is 0.551. The summed E-state index contributed by atoms with van der Waals surface area (Å²) in [4.78, 5) is 30.5. The van der Waals surface area contributed by atoms with Gasteiger partial charge in [-0.15, -0.1) is 17.9 Å². The van der Waals surface area contributed by atoms with Gasteiger partial charge in [0.05, 0.1) is 30.0 Å². The molecule has 3 rings (SSSR count). The van der Waals surface area contributed by atoms with Gasteiger partial charge in [-0.05, 0) is 30.0 Å². The van der Waals surface area contributed by atoms with E-state index in [1.807, 2.05) is 41.6 Å². The van der Waals surface area contributed by atoms with Crippen molar-refractivity contribution in [3.63, 3.8) is 0 Å². The number of rotatable bonds is 7. The lowest BCUT2D eigenvalue weighted by molar-refractivity contribution is 0.0521.